The Morgan fingerprint density at radius 3 is 2.68 bits per heavy atom. The molecular weight excluding hydrogens is 238 g/mol. The zero-order valence-electron chi connectivity index (χ0n) is 10.9. The maximum absolute atomic E-state index is 11.8. The van der Waals surface area contributed by atoms with E-state index in [0.717, 1.165) is 11.3 Å². The highest BCUT2D eigenvalue weighted by atomic mass is 16.6. The Morgan fingerprint density at radius 2 is 1.84 bits per heavy atom. The number of anilines is 1. The summed E-state index contributed by atoms with van der Waals surface area (Å²) in [5.74, 6) is -0.265. The number of cyclic esters (lactones) is 1. The molecule has 3 nitrogen and oxygen atoms in total. The van der Waals surface area contributed by atoms with E-state index in [1.165, 1.54) is 11.1 Å². The molecule has 0 unspecified atom stereocenters. The van der Waals surface area contributed by atoms with Gasteiger partial charge in [0.1, 0.15) is 0 Å². The second-order valence-corrected chi connectivity index (χ2v) is 4.76. The van der Waals surface area contributed by atoms with Crippen molar-refractivity contribution in [1.82, 2.24) is 0 Å². The first-order chi connectivity index (χ1) is 9.16. The normalized spacial score (nSPS) is 16.9. The molecule has 3 rings (SSSR count). The van der Waals surface area contributed by atoms with Crippen molar-refractivity contribution in [3.8, 4) is 0 Å². The van der Waals surface area contributed by atoms with Crippen LogP contribution in [0.25, 0.3) is 0 Å². The standard InChI is InChI=1S/C16H15NO2/c1-10-6-5-9-14(11(10)2)17-15-12-7-3-4-8-13(12)16(18)19-15/h3-9,15,17H,1-2H3/t15-/m0/s1. The molecule has 0 radical (unpaired) electrons. The molecule has 0 aliphatic carbocycles. The van der Waals surface area contributed by atoms with Crippen molar-refractivity contribution in [1.29, 1.82) is 0 Å². The zero-order valence-corrected chi connectivity index (χ0v) is 10.9. The minimum atomic E-state index is -0.399. The third-order valence-corrected chi connectivity index (χ3v) is 3.58. The molecule has 1 atom stereocenters. The van der Waals surface area contributed by atoms with Gasteiger partial charge in [-0.3, -0.25) is 0 Å². The smallest absolute Gasteiger partial charge is 0.340 e. The van der Waals surface area contributed by atoms with Gasteiger partial charge in [-0.1, -0.05) is 30.3 Å². The summed E-state index contributed by atoms with van der Waals surface area (Å²) in [6.07, 6.45) is -0.399. The number of benzene rings is 2. The van der Waals surface area contributed by atoms with E-state index in [1.54, 1.807) is 6.07 Å². The Labute approximate surface area is 112 Å². The third-order valence-electron chi connectivity index (χ3n) is 3.58. The average Bonchev–Trinajstić information content (AvgIpc) is 2.73. The fourth-order valence-electron chi connectivity index (χ4n) is 2.30. The molecule has 0 saturated heterocycles. The summed E-state index contributed by atoms with van der Waals surface area (Å²) in [6, 6.07) is 13.5. The highest BCUT2D eigenvalue weighted by molar-refractivity contribution is 5.94. The van der Waals surface area contributed by atoms with Gasteiger partial charge in [0.05, 0.1) is 5.56 Å². The lowest BCUT2D eigenvalue weighted by Crippen LogP contribution is -2.11. The maximum atomic E-state index is 11.8. The lowest BCUT2D eigenvalue weighted by molar-refractivity contribution is 0.0437. The second-order valence-electron chi connectivity index (χ2n) is 4.76. The first-order valence-corrected chi connectivity index (χ1v) is 6.29. The maximum Gasteiger partial charge on any atom is 0.340 e. The van der Waals surface area contributed by atoms with Crippen LogP contribution in [0.3, 0.4) is 0 Å². The molecule has 96 valence electrons. The van der Waals surface area contributed by atoms with E-state index < -0.39 is 6.23 Å². The quantitative estimate of drug-likeness (QED) is 0.831. The molecule has 19 heavy (non-hydrogen) atoms. The van der Waals surface area contributed by atoms with Crippen molar-refractivity contribution in [2.75, 3.05) is 5.32 Å². The second kappa shape index (κ2) is 4.43. The summed E-state index contributed by atoms with van der Waals surface area (Å²) in [7, 11) is 0. The number of fused-ring (bicyclic) bond motifs is 1. The molecule has 0 spiro atoms. The van der Waals surface area contributed by atoms with Gasteiger partial charge in [0, 0.05) is 11.3 Å². The summed E-state index contributed by atoms with van der Waals surface area (Å²) in [5.41, 5.74) is 4.92. The summed E-state index contributed by atoms with van der Waals surface area (Å²) in [4.78, 5) is 11.8. The first kappa shape index (κ1) is 11.8. The van der Waals surface area contributed by atoms with Gasteiger partial charge in [-0.2, -0.15) is 0 Å². The van der Waals surface area contributed by atoms with Gasteiger partial charge in [0.15, 0.2) is 0 Å². The molecule has 1 aliphatic rings. The highest BCUT2D eigenvalue weighted by Gasteiger charge is 2.30. The molecule has 0 aromatic heterocycles. The van der Waals surface area contributed by atoms with Crippen molar-refractivity contribution < 1.29 is 9.53 Å². The Morgan fingerprint density at radius 1 is 1.05 bits per heavy atom. The van der Waals surface area contributed by atoms with Crippen LogP contribution in [0.2, 0.25) is 0 Å². The van der Waals surface area contributed by atoms with E-state index in [4.69, 9.17) is 4.74 Å². The predicted molar refractivity (Wildman–Crippen MR) is 74.1 cm³/mol. The van der Waals surface area contributed by atoms with Crippen LogP contribution in [-0.2, 0) is 4.74 Å². The van der Waals surface area contributed by atoms with Crippen LogP contribution in [0.5, 0.6) is 0 Å². The number of esters is 1. The Kier molecular flexibility index (Phi) is 2.75. The molecule has 0 fully saturated rings. The first-order valence-electron chi connectivity index (χ1n) is 6.29. The number of hydrogen-bond acceptors (Lipinski definition) is 3. The third kappa shape index (κ3) is 1.97. The summed E-state index contributed by atoms with van der Waals surface area (Å²) in [5, 5.41) is 3.29. The van der Waals surface area contributed by atoms with E-state index in [-0.39, 0.29) is 5.97 Å². The van der Waals surface area contributed by atoms with Crippen LogP contribution in [0, 0.1) is 13.8 Å². The molecule has 1 aliphatic heterocycles. The van der Waals surface area contributed by atoms with Crippen molar-refractivity contribution in [2.24, 2.45) is 0 Å². The van der Waals surface area contributed by atoms with E-state index in [1.807, 2.05) is 30.3 Å². The number of hydrogen-bond donors (Lipinski definition) is 1. The van der Waals surface area contributed by atoms with Crippen molar-refractivity contribution in [2.45, 2.75) is 20.1 Å². The SMILES string of the molecule is Cc1cccc(N[C@H]2OC(=O)c3ccccc32)c1C. The van der Waals surface area contributed by atoms with Gasteiger partial charge in [-0.15, -0.1) is 0 Å². The van der Waals surface area contributed by atoms with Gasteiger partial charge >= 0.3 is 5.97 Å². The van der Waals surface area contributed by atoms with Gasteiger partial charge in [-0.25, -0.2) is 4.79 Å². The molecule has 3 heteroatoms. The minimum absolute atomic E-state index is 0.265. The van der Waals surface area contributed by atoms with Crippen molar-refractivity contribution in [3.05, 3.63) is 64.7 Å². The largest absolute Gasteiger partial charge is 0.434 e. The lowest BCUT2D eigenvalue weighted by atomic mass is 10.1. The van der Waals surface area contributed by atoms with Crippen LogP contribution in [0.1, 0.15) is 33.3 Å². The summed E-state index contributed by atoms with van der Waals surface area (Å²) < 4.78 is 5.38. The predicted octanol–water partition coefficient (Wildman–Crippen LogP) is 3.58. The van der Waals surface area contributed by atoms with Gasteiger partial charge < -0.3 is 10.1 Å². The number of carbonyl (C=O) groups excluding carboxylic acids is 1. The fourth-order valence-corrected chi connectivity index (χ4v) is 2.30. The molecule has 1 heterocycles. The fraction of sp³-hybridized carbons (Fsp3) is 0.188. The molecule has 0 amide bonds. The van der Waals surface area contributed by atoms with E-state index in [0.29, 0.717) is 5.56 Å². The molecule has 1 N–H and O–H groups in total. The Bertz CT molecular complexity index is 649. The molecular formula is C16H15NO2. The lowest BCUT2D eigenvalue weighted by Gasteiger charge is -2.17. The van der Waals surface area contributed by atoms with E-state index >= 15 is 0 Å². The molecule has 0 bridgehead atoms. The van der Waals surface area contributed by atoms with Gasteiger partial charge in [0.2, 0.25) is 6.23 Å². The van der Waals surface area contributed by atoms with Crippen LogP contribution in [0.15, 0.2) is 42.5 Å². The molecule has 2 aromatic rings. The average molecular weight is 253 g/mol. The van der Waals surface area contributed by atoms with Crippen LogP contribution in [0.4, 0.5) is 5.69 Å². The topological polar surface area (TPSA) is 38.3 Å². The van der Waals surface area contributed by atoms with E-state index in [2.05, 4.69) is 25.2 Å². The number of aryl methyl sites for hydroxylation is 1. The van der Waals surface area contributed by atoms with Crippen LogP contribution >= 0.6 is 0 Å². The highest BCUT2D eigenvalue weighted by Crippen LogP contribution is 2.32. The number of rotatable bonds is 2. The monoisotopic (exact) mass is 253 g/mol. The number of carbonyl (C=O) groups is 1. The van der Waals surface area contributed by atoms with Gasteiger partial charge in [-0.05, 0) is 37.1 Å². The van der Waals surface area contributed by atoms with Gasteiger partial charge in [0.25, 0.3) is 0 Å². The van der Waals surface area contributed by atoms with Crippen molar-refractivity contribution >= 4 is 11.7 Å². The number of nitrogens with one attached hydrogen (secondary N) is 1. The zero-order chi connectivity index (χ0) is 13.4. The number of ether oxygens (including phenoxy) is 1. The molecule has 2 aromatic carbocycles. The minimum Gasteiger partial charge on any atom is -0.434 e. The Hall–Kier alpha value is -2.29. The van der Waals surface area contributed by atoms with Crippen LogP contribution < -0.4 is 5.32 Å². The molecule has 0 saturated carbocycles. The van der Waals surface area contributed by atoms with Crippen LogP contribution in [-0.4, -0.2) is 5.97 Å². The van der Waals surface area contributed by atoms with Crippen molar-refractivity contribution in [3.63, 3.8) is 0 Å². The summed E-state index contributed by atoms with van der Waals surface area (Å²) in [6.45, 7) is 4.12. The van der Waals surface area contributed by atoms with E-state index in [9.17, 15) is 4.79 Å². The Balaban J connectivity index is 1.94. The summed E-state index contributed by atoms with van der Waals surface area (Å²) >= 11 is 0.